The van der Waals surface area contributed by atoms with E-state index in [1.165, 1.54) is 0 Å². The number of aliphatic carboxylic acids is 1. The molecule has 7 nitrogen and oxygen atoms in total. The molecule has 1 saturated heterocycles. The summed E-state index contributed by atoms with van der Waals surface area (Å²) in [5, 5.41) is 12.4. The minimum absolute atomic E-state index is 0.292. The van der Waals surface area contributed by atoms with E-state index in [-0.39, 0.29) is 5.91 Å². The number of rotatable bonds is 5. The zero-order valence-corrected chi connectivity index (χ0v) is 15.3. The minimum atomic E-state index is -0.946. The highest BCUT2D eigenvalue weighted by molar-refractivity contribution is 5.96. The molecule has 0 spiro atoms. The predicted molar refractivity (Wildman–Crippen MR) is 102 cm³/mol. The first-order valence-corrected chi connectivity index (χ1v) is 9.30. The fourth-order valence-corrected chi connectivity index (χ4v) is 3.73. The zero-order chi connectivity index (χ0) is 19.5. The summed E-state index contributed by atoms with van der Waals surface area (Å²) in [4.78, 5) is 26.6. The number of likely N-dealkylation sites (tertiary alicyclic amines) is 1. The largest absolute Gasteiger partial charge is 0.486 e. The van der Waals surface area contributed by atoms with Crippen LogP contribution in [0, 0.1) is 11.8 Å². The topological polar surface area (TPSA) is 88.1 Å². The number of carbonyl (C=O) groups excluding carboxylic acids is 1. The van der Waals surface area contributed by atoms with Crippen molar-refractivity contribution in [1.82, 2.24) is 4.90 Å². The van der Waals surface area contributed by atoms with Gasteiger partial charge >= 0.3 is 5.97 Å². The lowest BCUT2D eigenvalue weighted by Crippen LogP contribution is -2.32. The van der Waals surface area contributed by atoms with Gasteiger partial charge in [0.15, 0.2) is 11.5 Å². The SMILES string of the molecule is O=C(O)C1CN(Cc2ccccc2)CC1C(=O)Nc1ccc2c(c1)OCCO2. The van der Waals surface area contributed by atoms with Gasteiger partial charge in [0.05, 0.1) is 11.8 Å². The van der Waals surface area contributed by atoms with Crippen LogP contribution < -0.4 is 14.8 Å². The fourth-order valence-electron chi connectivity index (χ4n) is 3.73. The van der Waals surface area contributed by atoms with Crippen LogP contribution in [-0.4, -0.2) is 48.2 Å². The second-order valence-corrected chi connectivity index (χ2v) is 7.08. The average molecular weight is 382 g/mol. The highest BCUT2D eigenvalue weighted by atomic mass is 16.6. The van der Waals surface area contributed by atoms with Gasteiger partial charge < -0.3 is 19.9 Å². The molecule has 2 aliphatic rings. The first-order chi connectivity index (χ1) is 13.6. The van der Waals surface area contributed by atoms with Crippen molar-refractivity contribution in [1.29, 1.82) is 0 Å². The second-order valence-electron chi connectivity index (χ2n) is 7.08. The number of fused-ring (bicyclic) bond motifs is 1. The average Bonchev–Trinajstić information content (AvgIpc) is 3.13. The summed E-state index contributed by atoms with van der Waals surface area (Å²) >= 11 is 0. The lowest BCUT2D eigenvalue weighted by molar-refractivity contribution is -0.144. The first kappa shape index (κ1) is 18.3. The van der Waals surface area contributed by atoms with Crippen LogP contribution >= 0.6 is 0 Å². The summed E-state index contributed by atoms with van der Waals surface area (Å²) in [5.41, 5.74) is 1.67. The van der Waals surface area contributed by atoms with Crippen LogP contribution in [0.15, 0.2) is 48.5 Å². The molecule has 146 valence electrons. The highest BCUT2D eigenvalue weighted by Gasteiger charge is 2.41. The molecule has 0 bridgehead atoms. The van der Waals surface area contributed by atoms with Crippen molar-refractivity contribution in [2.24, 2.45) is 11.8 Å². The molecule has 2 N–H and O–H groups in total. The Balaban J connectivity index is 1.45. The van der Waals surface area contributed by atoms with Gasteiger partial charge in [0.1, 0.15) is 13.2 Å². The van der Waals surface area contributed by atoms with Crippen molar-refractivity contribution in [3.8, 4) is 11.5 Å². The summed E-state index contributed by atoms with van der Waals surface area (Å²) in [6.45, 7) is 2.34. The van der Waals surface area contributed by atoms with Crippen molar-refractivity contribution in [2.75, 3.05) is 31.6 Å². The van der Waals surface area contributed by atoms with E-state index in [1.807, 2.05) is 35.2 Å². The normalized spacial score (nSPS) is 21.3. The number of benzene rings is 2. The standard InChI is InChI=1S/C21H22N2O5/c24-20(22-15-6-7-18-19(10-15)28-9-8-27-18)16-12-23(13-17(16)21(25)26)11-14-4-2-1-3-5-14/h1-7,10,16-17H,8-9,11-13H2,(H,22,24)(H,25,26). The monoisotopic (exact) mass is 382 g/mol. The number of carbonyl (C=O) groups is 2. The second kappa shape index (κ2) is 7.90. The Morgan fingerprint density at radius 2 is 1.71 bits per heavy atom. The van der Waals surface area contributed by atoms with E-state index in [2.05, 4.69) is 5.32 Å². The molecule has 7 heteroatoms. The number of hydrogen-bond acceptors (Lipinski definition) is 5. The van der Waals surface area contributed by atoms with Gasteiger partial charge in [-0.1, -0.05) is 30.3 Å². The Bertz CT molecular complexity index is 870. The summed E-state index contributed by atoms with van der Waals surface area (Å²) in [6.07, 6.45) is 0. The predicted octanol–water partition coefficient (Wildman–Crippen LogP) is 2.23. The Labute approximate surface area is 162 Å². The summed E-state index contributed by atoms with van der Waals surface area (Å²) in [7, 11) is 0. The Hall–Kier alpha value is -3.06. The number of anilines is 1. The van der Waals surface area contributed by atoms with E-state index < -0.39 is 17.8 Å². The maximum atomic E-state index is 12.8. The molecule has 1 fully saturated rings. The number of nitrogens with zero attached hydrogens (tertiary/aromatic N) is 1. The van der Waals surface area contributed by atoms with Gasteiger partial charge in [-0.15, -0.1) is 0 Å². The maximum absolute atomic E-state index is 12.8. The van der Waals surface area contributed by atoms with Gasteiger partial charge in [-0.3, -0.25) is 14.5 Å². The Morgan fingerprint density at radius 3 is 2.46 bits per heavy atom. The lowest BCUT2D eigenvalue weighted by Gasteiger charge is -2.20. The first-order valence-electron chi connectivity index (χ1n) is 9.30. The third-order valence-corrected chi connectivity index (χ3v) is 5.11. The van der Waals surface area contributed by atoms with Crippen LogP contribution in [0.1, 0.15) is 5.56 Å². The van der Waals surface area contributed by atoms with Crippen molar-refractivity contribution in [2.45, 2.75) is 6.54 Å². The smallest absolute Gasteiger partial charge is 0.308 e. The molecule has 4 rings (SSSR count). The third-order valence-electron chi connectivity index (χ3n) is 5.11. The molecule has 2 unspecified atom stereocenters. The van der Waals surface area contributed by atoms with E-state index in [1.54, 1.807) is 18.2 Å². The van der Waals surface area contributed by atoms with Crippen molar-refractivity contribution in [3.63, 3.8) is 0 Å². The Kier molecular flexibility index (Phi) is 5.16. The van der Waals surface area contributed by atoms with Crippen LogP contribution in [0.5, 0.6) is 11.5 Å². The van der Waals surface area contributed by atoms with E-state index in [0.717, 1.165) is 5.56 Å². The summed E-state index contributed by atoms with van der Waals surface area (Å²) in [6, 6.07) is 15.0. The lowest BCUT2D eigenvalue weighted by atomic mass is 9.95. The molecule has 2 heterocycles. The van der Waals surface area contributed by atoms with Gasteiger partial charge in [0, 0.05) is 31.4 Å². The summed E-state index contributed by atoms with van der Waals surface area (Å²) < 4.78 is 11.0. The minimum Gasteiger partial charge on any atom is -0.486 e. The number of amides is 1. The molecule has 0 radical (unpaired) electrons. The van der Waals surface area contributed by atoms with Crippen LogP contribution in [0.4, 0.5) is 5.69 Å². The van der Waals surface area contributed by atoms with E-state index in [0.29, 0.717) is 50.0 Å². The van der Waals surface area contributed by atoms with Crippen LogP contribution in [0.2, 0.25) is 0 Å². The zero-order valence-electron chi connectivity index (χ0n) is 15.3. The van der Waals surface area contributed by atoms with Crippen LogP contribution in [0.3, 0.4) is 0 Å². The molecule has 28 heavy (non-hydrogen) atoms. The molecule has 2 aliphatic heterocycles. The number of carboxylic acid groups (broad SMARTS) is 1. The van der Waals surface area contributed by atoms with Gasteiger partial charge in [-0.2, -0.15) is 0 Å². The van der Waals surface area contributed by atoms with Gasteiger partial charge in [-0.25, -0.2) is 0 Å². The van der Waals surface area contributed by atoms with Gasteiger partial charge in [0.25, 0.3) is 0 Å². The highest BCUT2D eigenvalue weighted by Crippen LogP contribution is 2.33. The molecule has 0 saturated carbocycles. The number of hydrogen-bond donors (Lipinski definition) is 2. The third kappa shape index (κ3) is 3.94. The quantitative estimate of drug-likeness (QED) is 0.825. The molecule has 0 aromatic heterocycles. The molecule has 2 aromatic rings. The van der Waals surface area contributed by atoms with Gasteiger partial charge in [0.2, 0.25) is 5.91 Å². The number of carboxylic acids is 1. The molecule has 1 amide bonds. The van der Waals surface area contributed by atoms with Crippen molar-refractivity contribution < 1.29 is 24.2 Å². The fraction of sp³-hybridized carbons (Fsp3) is 0.333. The van der Waals surface area contributed by atoms with Crippen molar-refractivity contribution >= 4 is 17.6 Å². The van der Waals surface area contributed by atoms with Crippen LogP contribution in [-0.2, 0) is 16.1 Å². The maximum Gasteiger partial charge on any atom is 0.308 e. The molecule has 2 aromatic carbocycles. The molecular formula is C21H22N2O5. The molecule has 2 atom stereocenters. The number of nitrogens with one attached hydrogen (secondary N) is 1. The summed E-state index contributed by atoms with van der Waals surface area (Å²) in [5.74, 6) is -1.37. The van der Waals surface area contributed by atoms with E-state index >= 15 is 0 Å². The number of ether oxygens (including phenoxy) is 2. The van der Waals surface area contributed by atoms with E-state index in [4.69, 9.17) is 9.47 Å². The van der Waals surface area contributed by atoms with Crippen LogP contribution in [0.25, 0.3) is 0 Å². The Morgan fingerprint density at radius 1 is 1.00 bits per heavy atom. The van der Waals surface area contributed by atoms with Crippen molar-refractivity contribution in [3.05, 3.63) is 54.1 Å². The molecule has 0 aliphatic carbocycles. The van der Waals surface area contributed by atoms with E-state index in [9.17, 15) is 14.7 Å². The molecular weight excluding hydrogens is 360 g/mol. The van der Waals surface area contributed by atoms with Gasteiger partial charge in [-0.05, 0) is 17.7 Å².